The Morgan fingerprint density at radius 2 is 1.90 bits per heavy atom. The number of benzene rings is 1. The number of nitrogens with zero attached hydrogens (tertiary/aromatic N) is 1. The fourth-order valence-corrected chi connectivity index (χ4v) is 2.41. The lowest BCUT2D eigenvalue weighted by Gasteiger charge is -2.28. The molecule has 20 heavy (non-hydrogen) atoms. The Balaban J connectivity index is 1.97. The van der Waals surface area contributed by atoms with Gasteiger partial charge in [0.05, 0.1) is 6.04 Å². The SMILES string of the molecule is CC(C)c1ccc(CCN2C(=O)CCC(N)C2=O)cc1. The molecule has 1 fully saturated rings. The number of likely N-dealkylation sites (tertiary alicyclic amines) is 1. The third-order valence-corrected chi connectivity index (χ3v) is 3.82. The van der Waals surface area contributed by atoms with Gasteiger partial charge in [0.1, 0.15) is 0 Å². The second kappa shape index (κ2) is 6.18. The maximum absolute atomic E-state index is 11.9. The maximum Gasteiger partial charge on any atom is 0.246 e. The van der Waals surface area contributed by atoms with Crippen molar-refractivity contribution in [3.8, 4) is 0 Å². The Labute approximate surface area is 119 Å². The number of amides is 2. The fourth-order valence-electron chi connectivity index (χ4n) is 2.41. The van der Waals surface area contributed by atoms with Crippen molar-refractivity contribution in [3.63, 3.8) is 0 Å². The van der Waals surface area contributed by atoms with Crippen LogP contribution in [-0.2, 0) is 16.0 Å². The van der Waals surface area contributed by atoms with Gasteiger partial charge in [-0.15, -0.1) is 0 Å². The van der Waals surface area contributed by atoms with Gasteiger partial charge in [-0.25, -0.2) is 0 Å². The lowest BCUT2D eigenvalue weighted by atomic mass is 10.00. The molecule has 0 aliphatic carbocycles. The average molecular weight is 274 g/mol. The summed E-state index contributed by atoms with van der Waals surface area (Å²) >= 11 is 0. The molecule has 0 aromatic heterocycles. The number of carbonyl (C=O) groups is 2. The molecule has 1 aliphatic heterocycles. The second-order valence-corrected chi connectivity index (χ2v) is 5.68. The Kier molecular flexibility index (Phi) is 4.55. The molecule has 1 saturated heterocycles. The molecule has 1 unspecified atom stereocenters. The van der Waals surface area contributed by atoms with Crippen molar-refractivity contribution >= 4 is 11.8 Å². The van der Waals surface area contributed by atoms with Gasteiger partial charge in [0.25, 0.3) is 0 Å². The largest absolute Gasteiger partial charge is 0.320 e. The molecule has 0 bridgehead atoms. The highest BCUT2D eigenvalue weighted by molar-refractivity contribution is 6.00. The van der Waals surface area contributed by atoms with Gasteiger partial charge >= 0.3 is 0 Å². The van der Waals surface area contributed by atoms with Crippen molar-refractivity contribution in [1.29, 1.82) is 0 Å². The van der Waals surface area contributed by atoms with Gasteiger partial charge in [0.15, 0.2) is 0 Å². The Morgan fingerprint density at radius 1 is 1.25 bits per heavy atom. The monoisotopic (exact) mass is 274 g/mol. The molecule has 1 aliphatic rings. The summed E-state index contributed by atoms with van der Waals surface area (Å²) in [6.07, 6.45) is 1.53. The molecule has 1 heterocycles. The van der Waals surface area contributed by atoms with E-state index in [9.17, 15) is 9.59 Å². The van der Waals surface area contributed by atoms with Crippen LogP contribution < -0.4 is 5.73 Å². The van der Waals surface area contributed by atoms with Crippen LogP contribution in [0.5, 0.6) is 0 Å². The lowest BCUT2D eigenvalue weighted by molar-refractivity contribution is -0.149. The van der Waals surface area contributed by atoms with E-state index in [1.807, 2.05) is 0 Å². The smallest absolute Gasteiger partial charge is 0.246 e. The first-order valence-corrected chi connectivity index (χ1v) is 7.17. The first-order chi connectivity index (χ1) is 9.49. The van der Waals surface area contributed by atoms with Gasteiger partial charge in [0.2, 0.25) is 11.8 Å². The maximum atomic E-state index is 11.9. The number of hydrogen-bond acceptors (Lipinski definition) is 3. The Morgan fingerprint density at radius 3 is 2.50 bits per heavy atom. The number of rotatable bonds is 4. The van der Waals surface area contributed by atoms with Crippen LogP contribution in [0.15, 0.2) is 24.3 Å². The highest BCUT2D eigenvalue weighted by Gasteiger charge is 2.31. The molecule has 0 saturated carbocycles. The minimum absolute atomic E-state index is 0.101. The molecule has 4 nitrogen and oxygen atoms in total. The first-order valence-electron chi connectivity index (χ1n) is 7.17. The zero-order valence-electron chi connectivity index (χ0n) is 12.1. The normalized spacial score (nSPS) is 19.8. The highest BCUT2D eigenvalue weighted by Crippen LogP contribution is 2.16. The predicted octanol–water partition coefficient (Wildman–Crippen LogP) is 1.83. The molecule has 1 aromatic rings. The van der Waals surface area contributed by atoms with E-state index >= 15 is 0 Å². The third-order valence-electron chi connectivity index (χ3n) is 3.82. The molecule has 1 aromatic carbocycles. The molecule has 0 spiro atoms. The molecule has 1 atom stereocenters. The van der Waals surface area contributed by atoms with E-state index in [-0.39, 0.29) is 11.8 Å². The predicted molar refractivity (Wildman–Crippen MR) is 78.2 cm³/mol. The van der Waals surface area contributed by atoms with Crippen LogP contribution in [0.25, 0.3) is 0 Å². The fraction of sp³-hybridized carbons (Fsp3) is 0.500. The molecule has 0 radical (unpaired) electrons. The van der Waals surface area contributed by atoms with E-state index in [4.69, 9.17) is 5.73 Å². The summed E-state index contributed by atoms with van der Waals surface area (Å²) in [7, 11) is 0. The van der Waals surface area contributed by atoms with Crippen LogP contribution in [-0.4, -0.2) is 29.3 Å². The van der Waals surface area contributed by atoms with E-state index in [1.165, 1.54) is 10.5 Å². The summed E-state index contributed by atoms with van der Waals surface area (Å²) in [5.41, 5.74) is 8.14. The van der Waals surface area contributed by atoms with E-state index in [0.717, 1.165) is 5.56 Å². The van der Waals surface area contributed by atoms with Crippen LogP contribution >= 0.6 is 0 Å². The van der Waals surface area contributed by atoms with E-state index in [1.54, 1.807) is 0 Å². The summed E-state index contributed by atoms with van der Waals surface area (Å²) in [5, 5.41) is 0. The molecule has 4 heteroatoms. The summed E-state index contributed by atoms with van der Waals surface area (Å²) in [6, 6.07) is 7.82. The number of imide groups is 1. The first kappa shape index (κ1) is 14.7. The standard InChI is InChI=1S/C16H22N2O2/c1-11(2)13-5-3-12(4-6-13)9-10-18-15(19)8-7-14(17)16(18)20/h3-6,11,14H,7-10,17H2,1-2H3. The second-order valence-electron chi connectivity index (χ2n) is 5.68. The minimum Gasteiger partial charge on any atom is -0.320 e. The van der Waals surface area contributed by atoms with Crippen LogP contribution in [0.4, 0.5) is 0 Å². The van der Waals surface area contributed by atoms with Crippen molar-refractivity contribution in [2.24, 2.45) is 5.73 Å². The zero-order valence-corrected chi connectivity index (χ0v) is 12.1. The number of carbonyl (C=O) groups excluding carboxylic acids is 2. The van der Waals surface area contributed by atoms with E-state index in [0.29, 0.717) is 31.7 Å². The van der Waals surface area contributed by atoms with E-state index in [2.05, 4.69) is 38.1 Å². The van der Waals surface area contributed by atoms with Gasteiger partial charge in [-0.1, -0.05) is 38.1 Å². The van der Waals surface area contributed by atoms with Gasteiger partial charge in [-0.3, -0.25) is 14.5 Å². The van der Waals surface area contributed by atoms with Crippen LogP contribution in [0.2, 0.25) is 0 Å². The van der Waals surface area contributed by atoms with E-state index < -0.39 is 6.04 Å². The molecule has 2 rings (SSSR count). The topological polar surface area (TPSA) is 63.4 Å². The molecular formula is C16H22N2O2. The van der Waals surface area contributed by atoms with Gasteiger partial charge in [-0.05, 0) is 29.9 Å². The molecule has 2 amide bonds. The van der Waals surface area contributed by atoms with Gasteiger partial charge in [0, 0.05) is 13.0 Å². The number of hydrogen-bond donors (Lipinski definition) is 1. The Bertz CT molecular complexity index is 494. The minimum atomic E-state index is -0.518. The van der Waals surface area contributed by atoms with Crippen molar-refractivity contribution in [1.82, 2.24) is 4.90 Å². The summed E-state index contributed by atoms with van der Waals surface area (Å²) in [6.45, 7) is 4.73. The number of nitrogens with two attached hydrogens (primary N) is 1. The zero-order chi connectivity index (χ0) is 14.7. The number of piperidine rings is 1. The molecule has 2 N–H and O–H groups in total. The average Bonchev–Trinajstić information content (AvgIpc) is 2.43. The lowest BCUT2D eigenvalue weighted by Crippen LogP contribution is -2.51. The quantitative estimate of drug-likeness (QED) is 0.852. The summed E-state index contributed by atoms with van der Waals surface area (Å²) in [5.74, 6) is 0.169. The summed E-state index contributed by atoms with van der Waals surface area (Å²) < 4.78 is 0. The third kappa shape index (κ3) is 3.25. The van der Waals surface area contributed by atoms with Crippen LogP contribution in [0.3, 0.4) is 0 Å². The molecule has 108 valence electrons. The van der Waals surface area contributed by atoms with Crippen molar-refractivity contribution < 1.29 is 9.59 Å². The Hall–Kier alpha value is -1.68. The highest BCUT2D eigenvalue weighted by atomic mass is 16.2. The van der Waals surface area contributed by atoms with Crippen LogP contribution in [0.1, 0.15) is 43.7 Å². The molecular weight excluding hydrogens is 252 g/mol. The summed E-state index contributed by atoms with van der Waals surface area (Å²) in [4.78, 5) is 25.0. The van der Waals surface area contributed by atoms with Crippen molar-refractivity contribution in [2.75, 3.05) is 6.54 Å². The van der Waals surface area contributed by atoms with Gasteiger partial charge < -0.3 is 5.73 Å². The van der Waals surface area contributed by atoms with Gasteiger partial charge in [-0.2, -0.15) is 0 Å². The van der Waals surface area contributed by atoms with Crippen LogP contribution in [0, 0.1) is 0 Å². The van der Waals surface area contributed by atoms with Crippen molar-refractivity contribution in [2.45, 2.75) is 45.1 Å². The van der Waals surface area contributed by atoms with Crippen molar-refractivity contribution in [3.05, 3.63) is 35.4 Å².